The van der Waals surface area contributed by atoms with Crippen LogP contribution in [0.15, 0.2) is 249 Å². The Balaban J connectivity index is 1.10. The monoisotopic (exact) mass is 831 g/mol. The summed E-state index contributed by atoms with van der Waals surface area (Å²) in [6, 6.07) is 92.4. The van der Waals surface area contributed by atoms with Crippen LogP contribution in [0, 0.1) is 0 Å². The minimum atomic E-state index is -3.01. The third kappa shape index (κ3) is 5.27. The van der Waals surface area contributed by atoms with Crippen molar-refractivity contribution in [2.75, 3.05) is 0 Å². The lowest BCUT2D eigenvalue weighted by molar-refractivity contribution is 1.18. The highest BCUT2D eigenvalue weighted by atomic mass is 28.3. The molecule has 4 heteroatoms. The molecule has 0 unspecified atom stereocenters. The van der Waals surface area contributed by atoms with Gasteiger partial charge in [-0.3, -0.25) is 0 Å². The Kier molecular flexibility index (Phi) is 8.23. The minimum Gasteiger partial charge on any atom is -0.309 e. The van der Waals surface area contributed by atoms with Gasteiger partial charge in [0, 0.05) is 49.4 Å². The van der Waals surface area contributed by atoms with Crippen molar-refractivity contribution in [3.8, 4) is 17.1 Å². The summed E-state index contributed by atoms with van der Waals surface area (Å²) in [4.78, 5) is 0. The average molecular weight is 832 g/mol. The fraction of sp³-hybridized carbons (Fsp3) is 0. The maximum absolute atomic E-state index is 3.01. The van der Waals surface area contributed by atoms with Crippen LogP contribution in [0.25, 0.3) is 82.5 Å². The van der Waals surface area contributed by atoms with Crippen LogP contribution in [0.1, 0.15) is 0 Å². The molecule has 0 spiro atoms. The van der Waals surface area contributed by atoms with Gasteiger partial charge in [0.1, 0.15) is 0 Å². The molecule has 0 atom stereocenters. The molecule has 0 aliphatic heterocycles. The van der Waals surface area contributed by atoms with E-state index >= 15 is 0 Å². The summed E-state index contributed by atoms with van der Waals surface area (Å²) in [5.41, 5.74) is 10.7. The fourth-order valence-electron chi connectivity index (χ4n) is 11.0. The number of para-hydroxylation sites is 5. The lowest BCUT2D eigenvalue weighted by Crippen LogP contribution is -2.74. The van der Waals surface area contributed by atoms with E-state index in [1.54, 1.807) is 0 Å². The summed E-state index contributed by atoms with van der Waals surface area (Å²) in [7, 11) is -3.01. The second kappa shape index (κ2) is 14.5. The van der Waals surface area contributed by atoms with Crippen molar-refractivity contribution >= 4 is 94.2 Å². The Hall–Kier alpha value is -8.18. The van der Waals surface area contributed by atoms with Gasteiger partial charge in [-0.05, 0) is 87.5 Å². The molecule has 3 nitrogen and oxygen atoms in total. The van der Waals surface area contributed by atoms with Crippen molar-refractivity contribution in [3.63, 3.8) is 0 Å². The maximum atomic E-state index is 2.50. The predicted octanol–water partition coefficient (Wildman–Crippen LogP) is 12.4. The third-order valence-electron chi connectivity index (χ3n) is 13.6. The van der Waals surface area contributed by atoms with Gasteiger partial charge in [-0.15, -0.1) is 0 Å². The van der Waals surface area contributed by atoms with Crippen LogP contribution in [-0.4, -0.2) is 21.8 Å². The number of hydrogen-bond acceptors (Lipinski definition) is 0. The standard InChI is InChI=1S/C60H41N3Si/c1-4-20-42(21-5-1)63-56-36-16-12-32-51(56)52-38-39-58-59(60(52)63)53-33-13-17-37-57(53)62(58)44-23-19-29-48(41-44)64(45-24-6-2-7-25-45,46-26-8-3-9-27-46)47-28-18-22-43(40-47)61-54-34-14-10-30-49(54)50-31-11-15-35-55(50)61/h1-41H. The zero-order chi connectivity index (χ0) is 42.2. The smallest absolute Gasteiger partial charge is 0.179 e. The van der Waals surface area contributed by atoms with Crippen LogP contribution in [0.5, 0.6) is 0 Å². The second-order valence-electron chi connectivity index (χ2n) is 16.8. The highest BCUT2D eigenvalue weighted by Gasteiger charge is 2.42. The molecule has 3 heterocycles. The van der Waals surface area contributed by atoms with E-state index < -0.39 is 8.07 Å². The van der Waals surface area contributed by atoms with Gasteiger partial charge < -0.3 is 13.7 Å². The summed E-state index contributed by atoms with van der Waals surface area (Å²) in [6.07, 6.45) is 0. The van der Waals surface area contributed by atoms with E-state index in [0.717, 1.165) is 17.1 Å². The zero-order valence-corrected chi connectivity index (χ0v) is 36.0. The number of nitrogens with zero attached hydrogens (tertiary/aromatic N) is 3. The molecule has 64 heavy (non-hydrogen) atoms. The molecular formula is C60H41N3Si. The highest BCUT2D eigenvalue weighted by Crippen LogP contribution is 2.42. The lowest BCUT2D eigenvalue weighted by atomic mass is 10.1. The summed E-state index contributed by atoms with van der Waals surface area (Å²) in [5.74, 6) is 0. The Morgan fingerprint density at radius 3 is 1.14 bits per heavy atom. The van der Waals surface area contributed by atoms with Gasteiger partial charge in [0.15, 0.2) is 8.07 Å². The van der Waals surface area contributed by atoms with E-state index in [4.69, 9.17) is 0 Å². The van der Waals surface area contributed by atoms with E-state index in [9.17, 15) is 0 Å². The normalized spacial score (nSPS) is 12.1. The molecule has 300 valence electrons. The van der Waals surface area contributed by atoms with Gasteiger partial charge in [0.25, 0.3) is 0 Å². The Morgan fingerprint density at radius 2 is 0.609 bits per heavy atom. The molecule has 0 amide bonds. The second-order valence-corrected chi connectivity index (χ2v) is 20.7. The van der Waals surface area contributed by atoms with E-state index in [1.807, 2.05) is 0 Å². The molecule has 0 aliphatic rings. The van der Waals surface area contributed by atoms with Crippen molar-refractivity contribution in [1.82, 2.24) is 13.7 Å². The predicted molar refractivity (Wildman–Crippen MR) is 273 cm³/mol. The van der Waals surface area contributed by atoms with Crippen LogP contribution < -0.4 is 20.7 Å². The van der Waals surface area contributed by atoms with Crippen LogP contribution >= 0.6 is 0 Å². The molecule has 0 saturated carbocycles. The molecule has 13 rings (SSSR count). The van der Waals surface area contributed by atoms with Crippen LogP contribution in [0.4, 0.5) is 0 Å². The van der Waals surface area contributed by atoms with E-state index in [2.05, 4.69) is 262 Å². The number of hydrogen-bond donors (Lipinski definition) is 0. The molecule has 13 aromatic rings. The topological polar surface area (TPSA) is 14.8 Å². The number of benzene rings is 10. The Bertz CT molecular complexity index is 3800. The van der Waals surface area contributed by atoms with Crippen molar-refractivity contribution in [3.05, 3.63) is 249 Å². The van der Waals surface area contributed by atoms with Gasteiger partial charge >= 0.3 is 0 Å². The van der Waals surface area contributed by atoms with Crippen molar-refractivity contribution in [2.45, 2.75) is 0 Å². The van der Waals surface area contributed by atoms with Crippen molar-refractivity contribution in [2.24, 2.45) is 0 Å². The number of rotatable bonds is 7. The summed E-state index contributed by atoms with van der Waals surface area (Å²) < 4.78 is 7.42. The molecule has 10 aromatic carbocycles. The van der Waals surface area contributed by atoms with Gasteiger partial charge in [-0.1, -0.05) is 182 Å². The molecule has 0 fully saturated rings. The van der Waals surface area contributed by atoms with Gasteiger partial charge in [-0.25, -0.2) is 0 Å². The van der Waals surface area contributed by atoms with E-state index in [1.165, 1.54) is 86.2 Å². The fourth-order valence-corrected chi connectivity index (χ4v) is 15.8. The Morgan fingerprint density at radius 1 is 0.234 bits per heavy atom. The van der Waals surface area contributed by atoms with Gasteiger partial charge in [-0.2, -0.15) is 0 Å². The highest BCUT2D eigenvalue weighted by molar-refractivity contribution is 7.20. The van der Waals surface area contributed by atoms with Gasteiger partial charge in [0.2, 0.25) is 0 Å². The summed E-state index contributed by atoms with van der Waals surface area (Å²) >= 11 is 0. The first-order valence-corrected chi connectivity index (χ1v) is 24.1. The third-order valence-corrected chi connectivity index (χ3v) is 18.3. The van der Waals surface area contributed by atoms with E-state index in [0.29, 0.717) is 0 Å². The van der Waals surface area contributed by atoms with Crippen LogP contribution in [0.2, 0.25) is 0 Å². The van der Waals surface area contributed by atoms with Crippen LogP contribution in [0.3, 0.4) is 0 Å². The zero-order valence-electron chi connectivity index (χ0n) is 35.0. The first kappa shape index (κ1) is 36.5. The first-order valence-electron chi connectivity index (χ1n) is 22.1. The van der Waals surface area contributed by atoms with Gasteiger partial charge in [0.05, 0.1) is 33.1 Å². The number of aromatic nitrogens is 3. The van der Waals surface area contributed by atoms with E-state index in [-0.39, 0.29) is 0 Å². The molecular weight excluding hydrogens is 791 g/mol. The molecule has 0 saturated heterocycles. The summed E-state index contributed by atoms with van der Waals surface area (Å²) in [5, 5.41) is 12.9. The molecule has 0 radical (unpaired) electrons. The minimum absolute atomic E-state index is 1.15. The maximum Gasteiger partial charge on any atom is 0.179 e. The largest absolute Gasteiger partial charge is 0.309 e. The SMILES string of the molecule is c1ccc(-n2c3ccccc3c3ccc4c(c5ccccc5n4-c4cccc([Si](c5ccccc5)(c5ccccc5)c5cccc(-n6c7ccccc7c7ccccc76)c5)c4)c32)cc1. The molecule has 0 N–H and O–H groups in total. The van der Waals surface area contributed by atoms with Crippen molar-refractivity contribution < 1.29 is 0 Å². The molecule has 3 aromatic heterocycles. The Labute approximate surface area is 372 Å². The van der Waals surface area contributed by atoms with Crippen molar-refractivity contribution in [1.29, 1.82) is 0 Å². The summed E-state index contributed by atoms with van der Waals surface area (Å²) in [6.45, 7) is 0. The lowest BCUT2D eigenvalue weighted by Gasteiger charge is -2.35. The number of fused-ring (bicyclic) bond motifs is 10. The molecule has 0 bridgehead atoms. The quantitative estimate of drug-likeness (QED) is 0.112. The first-order chi connectivity index (χ1) is 31.8. The van der Waals surface area contributed by atoms with Crippen LogP contribution in [-0.2, 0) is 0 Å². The molecule has 0 aliphatic carbocycles. The average Bonchev–Trinajstić information content (AvgIpc) is 4.01.